The fourth-order valence-electron chi connectivity index (χ4n) is 11.2. The molecule has 2 fully saturated rings. The molecule has 0 aliphatic carbocycles. The molecule has 3 unspecified atom stereocenters. The van der Waals surface area contributed by atoms with Gasteiger partial charge in [-0.25, -0.2) is 24.0 Å². The van der Waals surface area contributed by atoms with Crippen molar-refractivity contribution in [3.8, 4) is 21.6 Å². The molecule has 6 N–H and O–H groups in total. The summed E-state index contributed by atoms with van der Waals surface area (Å²) in [5, 5.41) is 28.5. The largest absolute Gasteiger partial charge is 0.391 e. The average Bonchev–Trinajstić information content (AvgIpc) is 4.28. The number of alkyl halides is 2. The van der Waals surface area contributed by atoms with E-state index >= 15 is 8.78 Å². The Kier molecular flexibility index (Phi) is 17.8. The van der Waals surface area contributed by atoms with Crippen molar-refractivity contribution in [3.05, 3.63) is 88.0 Å². The van der Waals surface area contributed by atoms with Crippen LogP contribution in [0.5, 0.6) is 0 Å². The first-order valence-corrected chi connectivity index (χ1v) is 27.8. The summed E-state index contributed by atoms with van der Waals surface area (Å²) in [6, 6.07) is 9.35. The third kappa shape index (κ3) is 12.8. The minimum Gasteiger partial charge on any atom is -0.391 e. The molecule has 0 saturated carbocycles. The first-order valence-electron chi connectivity index (χ1n) is 26.9. The molecule has 2 saturated heterocycles. The summed E-state index contributed by atoms with van der Waals surface area (Å²) in [5.74, 6) is -1.70. The second kappa shape index (κ2) is 24.6. The van der Waals surface area contributed by atoms with Crippen molar-refractivity contribution in [1.29, 1.82) is 0 Å². The van der Waals surface area contributed by atoms with Crippen LogP contribution in [0.3, 0.4) is 0 Å². The number of ether oxygens (including phenoxy) is 2. The standard InChI is InChI=1S/C55H72F2N12O8S/c1-33-48(78-32-61-33)35-10-8-34(9-11-35)26-60-52(73)45-24-39(70)29-68(45)53(74)49(55(2,3)4)63-46(71)15-21-77-22-16-59-47(72)31-66-28-37(27-62-66)40-23-36-7-6-17-67(44(36)25-41(40)50(56)57)51-42-30-65(54(75)58-5)18-12-43(42)69(64-51)38-13-19-76-20-14-38/h8-11,23,25,27-28,32,38-39,45,49-51,64,70H,6-7,12-22,24,26,29-31H2,1-5H3,(H,58,75)(H,59,72)(H,60,73)(H,63,71)/t39?,45?,49-,51?/m1/s1. The molecular weight excluding hydrogens is 1030 g/mol. The first kappa shape index (κ1) is 56.2. The van der Waals surface area contributed by atoms with Crippen molar-refractivity contribution in [2.24, 2.45) is 5.41 Å². The van der Waals surface area contributed by atoms with Crippen LogP contribution in [0.2, 0.25) is 0 Å². The van der Waals surface area contributed by atoms with Crippen LogP contribution in [-0.4, -0.2) is 161 Å². The molecule has 4 aromatic rings. The molecule has 0 radical (unpaired) electrons. The van der Waals surface area contributed by atoms with E-state index in [1.807, 2.05) is 58.0 Å². The third-order valence-corrected chi connectivity index (χ3v) is 16.2. The number of amides is 6. The summed E-state index contributed by atoms with van der Waals surface area (Å²) in [5.41, 5.74) is 12.2. The molecular formula is C55H72F2N12O8S. The van der Waals surface area contributed by atoms with E-state index in [9.17, 15) is 29.1 Å². The number of carbonyl (C=O) groups is 5. The van der Waals surface area contributed by atoms with Crippen LogP contribution in [0.25, 0.3) is 21.6 Å². The Morgan fingerprint density at radius 1 is 1.00 bits per heavy atom. The minimum atomic E-state index is -2.80. The molecule has 9 rings (SSSR count). The highest BCUT2D eigenvalue weighted by molar-refractivity contribution is 7.13. The van der Waals surface area contributed by atoms with Gasteiger partial charge < -0.3 is 55.6 Å². The zero-order valence-corrected chi connectivity index (χ0v) is 45.8. The lowest BCUT2D eigenvalue weighted by atomic mass is 9.85. The molecule has 420 valence electrons. The van der Waals surface area contributed by atoms with Crippen molar-refractivity contribution < 1.29 is 47.3 Å². The summed E-state index contributed by atoms with van der Waals surface area (Å²) in [6.07, 6.45) is 2.91. The molecule has 20 nitrogen and oxygen atoms in total. The number of aromatic nitrogens is 3. The highest BCUT2D eigenvalue weighted by Crippen LogP contribution is 2.43. The summed E-state index contributed by atoms with van der Waals surface area (Å²) >= 11 is 1.56. The van der Waals surface area contributed by atoms with E-state index in [1.54, 1.807) is 41.1 Å². The van der Waals surface area contributed by atoms with E-state index < -0.39 is 47.7 Å². The van der Waals surface area contributed by atoms with E-state index in [0.717, 1.165) is 63.5 Å². The number of halogens is 2. The van der Waals surface area contributed by atoms with Crippen molar-refractivity contribution in [2.45, 2.75) is 123 Å². The summed E-state index contributed by atoms with van der Waals surface area (Å²) in [6.45, 7) is 10.6. The number of aliphatic hydroxyl groups excluding tert-OH is 1. The van der Waals surface area contributed by atoms with E-state index in [4.69, 9.17) is 9.47 Å². The van der Waals surface area contributed by atoms with E-state index in [0.29, 0.717) is 56.8 Å². The number of aryl methyl sites for hydroxylation is 2. The highest BCUT2D eigenvalue weighted by atomic mass is 32.1. The van der Waals surface area contributed by atoms with Crippen molar-refractivity contribution in [2.75, 3.05) is 71.1 Å². The van der Waals surface area contributed by atoms with Crippen LogP contribution < -0.4 is 31.6 Å². The third-order valence-electron chi connectivity index (χ3n) is 15.2. The maximum Gasteiger partial charge on any atom is 0.317 e. The molecule has 0 spiro atoms. The molecule has 0 bridgehead atoms. The van der Waals surface area contributed by atoms with Gasteiger partial charge >= 0.3 is 6.03 Å². The monoisotopic (exact) mass is 1100 g/mol. The van der Waals surface area contributed by atoms with Crippen molar-refractivity contribution in [1.82, 2.24) is 56.3 Å². The number of likely N-dealkylation sites (tertiary alicyclic amines) is 1. The number of aliphatic hydroxyl groups is 1. The van der Waals surface area contributed by atoms with Crippen LogP contribution in [0.4, 0.5) is 19.3 Å². The minimum absolute atomic E-state index is 0.000356. The maximum atomic E-state index is 15.1. The number of hydrogen-bond donors (Lipinski definition) is 6. The van der Waals surface area contributed by atoms with Crippen LogP contribution in [0, 0.1) is 12.3 Å². The van der Waals surface area contributed by atoms with Crippen LogP contribution in [0.1, 0.15) is 88.1 Å². The van der Waals surface area contributed by atoms with E-state index in [2.05, 4.69) is 46.7 Å². The van der Waals surface area contributed by atoms with E-state index in [-0.39, 0.29) is 81.9 Å². The normalized spacial score (nSPS) is 20.2. The average molecular weight is 1100 g/mol. The summed E-state index contributed by atoms with van der Waals surface area (Å²) < 4.78 is 42.9. The second-order valence-corrected chi connectivity index (χ2v) is 22.5. The Bertz CT molecular complexity index is 2850. The molecule has 6 amide bonds. The van der Waals surface area contributed by atoms with Gasteiger partial charge in [-0.05, 0) is 72.4 Å². The van der Waals surface area contributed by atoms with E-state index in [1.165, 1.54) is 15.8 Å². The molecule has 5 aliphatic rings. The lowest BCUT2D eigenvalue weighted by Crippen LogP contribution is -2.57. The van der Waals surface area contributed by atoms with Crippen LogP contribution in [-0.2, 0) is 48.2 Å². The number of hydrazine groups is 1. The predicted molar refractivity (Wildman–Crippen MR) is 289 cm³/mol. The fourth-order valence-corrected chi connectivity index (χ4v) is 12.0. The van der Waals surface area contributed by atoms with Crippen molar-refractivity contribution in [3.63, 3.8) is 0 Å². The van der Waals surface area contributed by atoms with Gasteiger partial charge in [0.05, 0.1) is 41.6 Å². The van der Waals surface area contributed by atoms with Gasteiger partial charge in [0.2, 0.25) is 23.6 Å². The highest BCUT2D eigenvalue weighted by Gasteiger charge is 2.45. The summed E-state index contributed by atoms with van der Waals surface area (Å²) in [7, 11) is 1.62. The Hall–Kier alpha value is -6.53. The molecule has 78 heavy (non-hydrogen) atoms. The van der Waals surface area contributed by atoms with Crippen molar-refractivity contribution >= 4 is 46.7 Å². The topological polar surface area (TPSA) is 228 Å². The van der Waals surface area contributed by atoms with Gasteiger partial charge in [0.15, 0.2) is 0 Å². The summed E-state index contributed by atoms with van der Waals surface area (Å²) in [4.78, 5) is 77.3. The molecule has 4 atom stereocenters. The maximum absolute atomic E-state index is 15.1. The van der Waals surface area contributed by atoms with Gasteiger partial charge in [-0.2, -0.15) is 5.10 Å². The zero-order valence-electron chi connectivity index (χ0n) is 45.0. The number of urea groups is 1. The molecule has 7 heterocycles. The van der Waals surface area contributed by atoms with Crippen LogP contribution in [0.15, 0.2) is 65.6 Å². The Morgan fingerprint density at radius 3 is 2.50 bits per heavy atom. The Morgan fingerprint density at radius 2 is 1.78 bits per heavy atom. The molecule has 2 aromatic heterocycles. The SMILES string of the molecule is CNC(=O)N1CCC2=C(C1)C(N1CCCc3cc(-c4cnn(CC(=O)NCCOCCC(=O)N[C@H](C(=O)N5CC(O)CC5C(=O)NCc5ccc(-c6scnc6C)cc5)C(C)(C)C)c4)c(C(F)F)cc31)NN2C1CCOCC1. The Balaban J connectivity index is 0.744. The van der Waals surface area contributed by atoms with Gasteiger partial charge in [-0.3, -0.25) is 23.9 Å². The molecule has 23 heteroatoms. The molecule has 5 aliphatic heterocycles. The number of β-amino-alcohol motifs (C(OH)–C–C–N with tert-alkyl or cyclic N) is 1. The van der Waals surface area contributed by atoms with Gasteiger partial charge in [0.1, 0.15) is 24.8 Å². The number of nitrogens with zero attached hydrogens (tertiary/aromatic N) is 7. The fraction of sp³-hybridized carbons (Fsp3) is 0.545. The van der Waals surface area contributed by atoms with Gasteiger partial charge in [-0.1, -0.05) is 45.0 Å². The number of fused-ring (bicyclic) bond motifs is 1. The number of anilines is 1. The lowest BCUT2D eigenvalue weighted by molar-refractivity contribution is -0.144. The second-order valence-electron chi connectivity index (χ2n) is 21.7. The van der Waals surface area contributed by atoms with Gasteiger partial charge in [0, 0.05) is 119 Å². The number of thiazole rings is 1. The van der Waals surface area contributed by atoms with Crippen LogP contribution >= 0.6 is 11.3 Å². The first-order chi connectivity index (χ1) is 37.5. The van der Waals surface area contributed by atoms with Gasteiger partial charge in [0.25, 0.3) is 6.43 Å². The number of benzene rings is 2. The van der Waals surface area contributed by atoms with Gasteiger partial charge in [-0.15, -0.1) is 11.3 Å². The molecule has 2 aromatic carbocycles. The number of carbonyl (C=O) groups excluding carboxylic acids is 5. The predicted octanol–water partition coefficient (Wildman–Crippen LogP) is 4.63. The number of hydrogen-bond acceptors (Lipinski definition) is 14. The smallest absolute Gasteiger partial charge is 0.317 e. The Labute approximate surface area is 457 Å². The lowest BCUT2D eigenvalue weighted by Gasteiger charge is -2.40. The number of rotatable bonds is 18. The quantitative estimate of drug-likeness (QED) is 0.0749. The zero-order chi connectivity index (χ0) is 55.3. The number of nitrogens with one attached hydrogen (secondary N) is 5.